The monoisotopic (exact) mass is 352 g/mol. The predicted molar refractivity (Wildman–Crippen MR) is 90.3 cm³/mol. The second-order valence-corrected chi connectivity index (χ2v) is 8.60. The molecule has 0 amide bonds. The summed E-state index contributed by atoms with van der Waals surface area (Å²) in [5.41, 5.74) is 0.843. The molecular weight excluding hydrogens is 328 g/mol. The van der Waals surface area contributed by atoms with Crippen molar-refractivity contribution in [2.75, 3.05) is 19.6 Å². The van der Waals surface area contributed by atoms with Crippen molar-refractivity contribution >= 4 is 16.0 Å². The number of nitrogens with zero attached hydrogens (tertiary/aromatic N) is 2. The highest BCUT2D eigenvalue weighted by molar-refractivity contribution is 7.89. The summed E-state index contributed by atoms with van der Waals surface area (Å²) in [7, 11) is -3.79. The van der Waals surface area contributed by atoms with E-state index in [1.165, 1.54) is 10.4 Å². The molecule has 3 rings (SSSR count). The van der Waals surface area contributed by atoms with Gasteiger partial charge in [0.15, 0.2) is 0 Å². The molecule has 0 unspecified atom stereocenters. The Morgan fingerprint density at radius 1 is 1.21 bits per heavy atom. The lowest BCUT2D eigenvalue weighted by molar-refractivity contribution is -0.143. The van der Waals surface area contributed by atoms with Gasteiger partial charge in [0.25, 0.3) is 0 Å². The van der Waals surface area contributed by atoms with Crippen LogP contribution in [-0.4, -0.2) is 60.4 Å². The van der Waals surface area contributed by atoms with E-state index in [2.05, 4.69) is 4.90 Å². The van der Waals surface area contributed by atoms with E-state index in [0.717, 1.165) is 31.5 Å². The van der Waals surface area contributed by atoms with Crippen LogP contribution in [0.25, 0.3) is 0 Å². The first-order valence-corrected chi connectivity index (χ1v) is 9.89. The summed E-state index contributed by atoms with van der Waals surface area (Å²) in [6, 6.07) is 5.82. The number of aryl methyl sites for hydroxylation is 1. The molecule has 2 aliphatic heterocycles. The third-order valence-electron chi connectivity index (χ3n) is 5.06. The minimum atomic E-state index is -3.79. The molecule has 1 aromatic carbocycles. The van der Waals surface area contributed by atoms with Crippen molar-refractivity contribution in [3.63, 3.8) is 0 Å². The van der Waals surface area contributed by atoms with Crippen molar-refractivity contribution in [3.05, 3.63) is 29.8 Å². The summed E-state index contributed by atoms with van der Waals surface area (Å²) >= 11 is 0. The number of benzene rings is 1. The van der Waals surface area contributed by atoms with Crippen LogP contribution in [0.15, 0.2) is 29.2 Å². The van der Waals surface area contributed by atoms with Crippen LogP contribution in [0.5, 0.6) is 0 Å². The number of likely N-dealkylation sites (tertiary alicyclic amines) is 1. The number of carbonyl (C=O) groups is 1. The third kappa shape index (κ3) is 3.34. The summed E-state index contributed by atoms with van der Waals surface area (Å²) in [5.74, 6) is -1.06. The molecule has 0 bridgehead atoms. The maximum atomic E-state index is 12.9. The molecule has 0 spiro atoms. The van der Waals surface area contributed by atoms with Gasteiger partial charge in [-0.15, -0.1) is 0 Å². The quantitative estimate of drug-likeness (QED) is 0.892. The van der Waals surface area contributed by atoms with Crippen molar-refractivity contribution < 1.29 is 18.3 Å². The van der Waals surface area contributed by atoms with Crippen molar-refractivity contribution in [2.24, 2.45) is 0 Å². The standard InChI is InChI=1S/C17H24N2O4S/c1-13-5-4-6-15(11-13)24(22,23)19-10-7-14(12-16(19)17(20)21)18-8-2-3-9-18/h4-6,11,14,16H,2-3,7-10,12H2,1H3,(H,20,21)/t14-,16-/m1/s1. The first kappa shape index (κ1) is 17.4. The molecule has 1 aromatic rings. The normalized spacial score (nSPS) is 26.5. The highest BCUT2D eigenvalue weighted by atomic mass is 32.2. The molecule has 132 valence electrons. The molecule has 2 heterocycles. The molecule has 2 saturated heterocycles. The molecule has 2 fully saturated rings. The molecule has 6 nitrogen and oxygen atoms in total. The smallest absolute Gasteiger partial charge is 0.322 e. The second-order valence-electron chi connectivity index (χ2n) is 6.71. The number of rotatable bonds is 4. The zero-order valence-electron chi connectivity index (χ0n) is 13.9. The SMILES string of the molecule is Cc1cccc(S(=O)(=O)N2CC[C@@H](N3CCCC3)C[C@@H]2C(=O)O)c1. The van der Waals surface area contributed by atoms with E-state index in [0.29, 0.717) is 12.8 Å². The van der Waals surface area contributed by atoms with E-state index >= 15 is 0 Å². The van der Waals surface area contributed by atoms with Gasteiger partial charge in [0, 0.05) is 12.6 Å². The molecule has 7 heteroatoms. The topological polar surface area (TPSA) is 77.9 Å². The van der Waals surface area contributed by atoms with Crippen LogP contribution in [0.4, 0.5) is 0 Å². The zero-order chi connectivity index (χ0) is 17.3. The summed E-state index contributed by atoms with van der Waals surface area (Å²) in [6.07, 6.45) is 3.33. The van der Waals surface area contributed by atoms with Gasteiger partial charge in [-0.25, -0.2) is 8.42 Å². The largest absolute Gasteiger partial charge is 0.480 e. The van der Waals surface area contributed by atoms with Crippen molar-refractivity contribution in [3.8, 4) is 0 Å². The molecule has 0 aliphatic carbocycles. The average Bonchev–Trinajstić information content (AvgIpc) is 3.08. The summed E-state index contributed by atoms with van der Waals surface area (Å²) in [6.45, 7) is 4.06. The molecule has 0 radical (unpaired) electrons. The van der Waals surface area contributed by atoms with Crippen molar-refractivity contribution in [2.45, 2.75) is 49.6 Å². The van der Waals surface area contributed by atoms with E-state index < -0.39 is 22.0 Å². The number of hydrogen-bond donors (Lipinski definition) is 1. The highest BCUT2D eigenvalue weighted by Crippen LogP contribution is 2.29. The van der Waals surface area contributed by atoms with Crippen LogP contribution >= 0.6 is 0 Å². The van der Waals surface area contributed by atoms with Gasteiger partial charge in [-0.05, 0) is 63.4 Å². The van der Waals surface area contributed by atoms with E-state index in [9.17, 15) is 18.3 Å². The Hall–Kier alpha value is -1.44. The van der Waals surface area contributed by atoms with Crippen LogP contribution < -0.4 is 0 Å². The highest BCUT2D eigenvalue weighted by Gasteiger charge is 2.42. The zero-order valence-corrected chi connectivity index (χ0v) is 14.7. The van der Waals surface area contributed by atoms with Crippen LogP contribution in [0.3, 0.4) is 0 Å². The maximum Gasteiger partial charge on any atom is 0.322 e. The fraction of sp³-hybridized carbons (Fsp3) is 0.588. The van der Waals surface area contributed by atoms with Crippen LogP contribution in [0, 0.1) is 6.92 Å². The lowest BCUT2D eigenvalue weighted by atomic mass is 9.98. The van der Waals surface area contributed by atoms with Gasteiger partial charge in [-0.3, -0.25) is 4.79 Å². The molecule has 0 aromatic heterocycles. The average molecular weight is 352 g/mol. The summed E-state index contributed by atoms with van der Waals surface area (Å²) < 4.78 is 27.0. The first-order chi connectivity index (χ1) is 11.4. The molecule has 24 heavy (non-hydrogen) atoms. The number of carboxylic acid groups (broad SMARTS) is 1. The van der Waals surface area contributed by atoms with Gasteiger partial charge in [0.05, 0.1) is 4.90 Å². The number of hydrogen-bond acceptors (Lipinski definition) is 4. The third-order valence-corrected chi connectivity index (χ3v) is 6.97. The Morgan fingerprint density at radius 2 is 1.92 bits per heavy atom. The van der Waals surface area contributed by atoms with Gasteiger partial charge >= 0.3 is 5.97 Å². The van der Waals surface area contributed by atoms with Crippen LogP contribution in [0.1, 0.15) is 31.2 Å². The molecule has 2 atom stereocenters. The van der Waals surface area contributed by atoms with Crippen LogP contribution in [-0.2, 0) is 14.8 Å². The van der Waals surface area contributed by atoms with E-state index in [-0.39, 0.29) is 17.5 Å². The van der Waals surface area contributed by atoms with Crippen molar-refractivity contribution in [1.29, 1.82) is 0 Å². The number of piperidine rings is 1. The van der Waals surface area contributed by atoms with E-state index in [4.69, 9.17) is 0 Å². The lowest BCUT2D eigenvalue weighted by Crippen LogP contribution is -2.54. The molecule has 0 saturated carbocycles. The summed E-state index contributed by atoms with van der Waals surface area (Å²) in [4.78, 5) is 14.2. The Morgan fingerprint density at radius 3 is 2.54 bits per heavy atom. The fourth-order valence-corrected chi connectivity index (χ4v) is 5.50. The molecule has 2 aliphatic rings. The Labute approximate surface area is 143 Å². The van der Waals surface area contributed by atoms with Gasteiger partial charge in [0.1, 0.15) is 6.04 Å². The molecular formula is C17H24N2O4S. The predicted octanol–water partition coefficient (Wildman–Crippen LogP) is 1.70. The number of carboxylic acids is 1. The van der Waals surface area contributed by atoms with Gasteiger partial charge < -0.3 is 10.0 Å². The van der Waals surface area contributed by atoms with Crippen molar-refractivity contribution in [1.82, 2.24) is 9.21 Å². The van der Waals surface area contributed by atoms with Gasteiger partial charge in [-0.1, -0.05) is 12.1 Å². The summed E-state index contributed by atoms with van der Waals surface area (Å²) in [5, 5.41) is 9.61. The number of aliphatic carboxylic acids is 1. The Bertz CT molecular complexity index is 713. The molecule has 1 N–H and O–H groups in total. The van der Waals surface area contributed by atoms with E-state index in [1.807, 2.05) is 13.0 Å². The van der Waals surface area contributed by atoms with Gasteiger partial charge in [0.2, 0.25) is 10.0 Å². The second kappa shape index (κ2) is 6.82. The van der Waals surface area contributed by atoms with E-state index in [1.54, 1.807) is 12.1 Å². The lowest BCUT2D eigenvalue weighted by Gasteiger charge is -2.39. The minimum absolute atomic E-state index is 0.164. The number of sulfonamides is 1. The van der Waals surface area contributed by atoms with Crippen LogP contribution in [0.2, 0.25) is 0 Å². The minimum Gasteiger partial charge on any atom is -0.480 e. The Kier molecular flexibility index (Phi) is 4.94. The fourth-order valence-electron chi connectivity index (χ4n) is 3.79. The van der Waals surface area contributed by atoms with Gasteiger partial charge in [-0.2, -0.15) is 4.31 Å². The first-order valence-electron chi connectivity index (χ1n) is 8.45. The Balaban J connectivity index is 1.85. The maximum absolute atomic E-state index is 12.9.